The summed E-state index contributed by atoms with van der Waals surface area (Å²) in [6.45, 7) is 1.63. The number of nitrogens with zero attached hydrogens (tertiary/aromatic N) is 1. The van der Waals surface area contributed by atoms with Gasteiger partial charge in [0.1, 0.15) is 0 Å². The third-order valence-corrected chi connectivity index (χ3v) is 4.13. The molecule has 0 saturated carbocycles. The Bertz CT molecular complexity index is 492. The van der Waals surface area contributed by atoms with Crippen molar-refractivity contribution in [3.8, 4) is 0 Å². The highest BCUT2D eigenvalue weighted by Gasteiger charge is 2.14. The normalized spacial score (nSPS) is 22.0. The van der Waals surface area contributed by atoms with Gasteiger partial charge in [-0.1, -0.05) is 6.07 Å². The van der Waals surface area contributed by atoms with Crippen LogP contribution in [0.5, 0.6) is 0 Å². The zero-order valence-electron chi connectivity index (χ0n) is 11.9. The van der Waals surface area contributed by atoms with Crippen LogP contribution in [0.1, 0.15) is 36.8 Å². The molecule has 1 aromatic carbocycles. The summed E-state index contributed by atoms with van der Waals surface area (Å²) in [6.07, 6.45) is 7.34. The molecule has 1 aliphatic heterocycles. The number of fused-ring (bicyclic) bond motifs is 1. The van der Waals surface area contributed by atoms with E-state index < -0.39 is 0 Å². The fourth-order valence-electron chi connectivity index (χ4n) is 3.04. The number of anilines is 1. The summed E-state index contributed by atoms with van der Waals surface area (Å²) in [5.74, 6) is 0.501. The van der Waals surface area contributed by atoms with Crippen LogP contribution >= 0.6 is 0 Å². The number of nitrogens with two attached hydrogens (primary N) is 1. The molecule has 0 spiro atoms. The number of aliphatic imine (C=N–C) groups is 1. The fraction of sp³-hybridized carbons (Fsp3) is 0.562. The van der Waals surface area contributed by atoms with Crippen LogP contribution in [-0.2, 0) is 17.6 Å². The summed E-state index contributed by atoms with van der Waals surface area (Å²) in [4.78, 5) is 4.38. The molecule has 108 valence electrons. The molecule has 2 aliphatic rings. The van der Waals surface area contributed by atoms with Crippen molar-refractivity contribution >= 4 is 11.6 Å². The van der Waals surface area contributed by atoms with Crippen molar-refractivity contribution in [2.24, 2.45) is 10.7 Å². The van der Waals surface area contributed by atoms with E-state index in [4.69, 9.17) is 10.5 Å². The Morgan fingerprint density at radius 1 is 1.30 bits per heavy atom. The molecule has 4 nitrogen and oxygen atoms in total. The van der Waals surface area contributed by atoms with Crippen molar-refractivity contribution in [3.05, 3.63) is 29.3 Å². The number of nitrogens with one attached hydrogen (secondary N) is 1. The van der Waals surface area contributed by atoms with E-state index in [0.29, 0.717) is 12.1 Å². The number of ether oxygens (including phenoxy) is 1. The number of hydrogen-bond acceptors (Lipinski definition) is 2. The van der Waals surface area contributed by atoms with Gasteiger partial charge in [0.2, 0.25) is 0 Å². The minimum atomic E-state index is 0.381. The van der Waals surface area contributed by atoms with Gasteiger partial charge in [0, 0.05) is 18.8 Å². The van der Waals surface area contributed by atoms with Crippen LogP contribution in [0.4, 0.5) is 5.69 Å². The summed E-state index contributed by atoms with van der Waals surface area (Å²) >= 11 is 0. The van der Waals surface area contributed by atoms with Crippen LogP contribution in [-0.4, -0.2) is 25.2 Å². The van der Waals surface area contributed by atoms with Crippen LogP contribution < -0.4 is 11.1 Å². The molecule has 1 fully saturated rings. The molecule has 0 unspecified atom stereocenters. The van der Waals surface area contributed by atoms with Crippen LogP contribution in [0.3, 0.4) is 0 Å². The average molecular weight is 273 g/mol. The van der Waals surface area contributed by atoms with E-state index in [1.165, 1.54) is 36.8 Å². The number of guanidine groups is 1. The van der Waals surface area contributed by atoms with Gasteiger partial charge in [-0.15, -0.1) is 0 Å². The first-order chi connectivity index (χ1) is 9.81. The Kier molecular flexibility index (Phi) is 4.21. The second-order valence-electron chi connectivity index (χ2n) is 5.65. The van der Waals surface area contributed by atoms with Crippen molar-refractivity contribution in [1.29, 1.82) is 0 Å². The number of benzene rings is 1. The fourth-order valence-corrected chi connectivity index (χ4v) is 3.04. The molecule has 4 heteroatoms. The summed E-state index contributed by atoms with van der Waals surface area (Å²) in [6, 6.07) is 6.49. The second kappa shape index (κ2) is 6.27. The van der Waals surface area contributed by atoms with Crippen LogP contribution in [0.25, 0.3) is 0 Å². The highest BCUT2D eigenvalue weighted by molar-refractivity contribution is 5.92. The van der Waals surface area contributed by atoms with Crippen molar-refractivity contribution in [1.82, 2.24) is 0 Å². The van der Waals surface area contributed by atoms with Gasteiger partial charge in [0.15, 0.2) is 5.96 Å². The molecule has 1 heterocycles. The lowest BCUT2D eigenvalue weighted by atomic mass is 10.1. The van der Waals surface area contributed by atoms with Gasteiger partial charge in [-0.05, 0) is 61.8 Å². The predicted molar refractivity (Wildman–Crippen MR) is 82.2 cm³/mol. The van der Waals surface area contributed by atoms with Crippen LogP contribution in [0.2, 0.25) is 0 Å². The van der Waals surface area contributed by atoms with Crippen molar-refractivity contribution in [2.45, 2.75) is 44.6 Å². The lowest BCUT2D eigenvalue weighted by Gasteiger charge is -2.09. The topological polar surface area (TPSA) is 59.6 Å². The van der Waals surface area contributed by atoms with Gasteiger partial charge >= 0.3 is 0 Å². The van der Waals surface area contributed by atoms with E-state index in [1.54, 1.807) is 0 Å². The van der Waals surface area contributed by atoms with Gasteiger partial charge in [-0.2, -0.15) is 0 Å². The minimum Gasteiger partial charge on any atom is -0.378 e. The van der Waals surface area contributed by atoms with Crippen molar-refractivity contribution < 1.29 is 4.74 Å². The Balaban J connectivity index is 1.51. The van der Waals surface area contributed by atoms with E-state index in [1.807, 2.05) is 0 Å². The third kappa shape index (κ3) is 3.31. The molecule has 0 aromatic heterocycles. The van der Waals surface area contributed by atoms with Crippen LogP contribution in [0, 0.1) is 0 Å². The third-order valence-electron chi connectivity index (χ3n) is 4.13. The monoisotopic (exact) mass is 273 g/mol. The molecule has 1 atom stereocenters. The number of rotatable bonds is 4. The SMILES string of the molecule is NC(=NCC[C@H]1CCCO1)Nc1ccc2c(c1)CCC2. The zero-order chi connectivity index (χ0) is 13.8. The predicted octanol–water partition coefficient (Wildman–Crippen LogP) is 2.47. The van der Waals surface area contributed by atoms with E-state index >= 15 is 0 Å². The smallest absolute Gasteiger partial charge is 0.193 e. The van der Waals surface area contributed by atoms with Gasteiger partial charge < -0.3 is 15.8 Å². The molecule has 3 rings (SSSR count). The van der Waals surface area contributed by atoms with Gasteiger partial charge in [0.25, 0.3) is 0 Å². The lowest BCUT2D eigenvalue weighted by Crippen LogP contribution is -2.23. The maximum atomic E-state index is 5.93. The summed E-state index contributed by atoms with van der Waals surface area (Å²) < 4.78 is 5.57. The van der Waals surface area contributed by atoms with E-state index in [2.05, 4.69) is 28.5 Å². The van der Waals surface area contributed by atoms with E-state index in [9.17, 15) is 0 Å². The molecule has 1 aliphatic carbocycles. The largest absolute Gasteiger partial charge is 0.378 e. The minimum absolute atomic E-state index is 0.381. The molecule has 0 radical (unpaired) electrons. The molecule has 20 heavy (non-hydrogen) atoms. The highest BCUT2D eigenvalue weighted by Crippen LogP contribution is 2.24. The van der Waals surface area contributed by atoms with Gasteiger partial charge in [-0.25, -0.2) is 0 Å². The lowest BCUT2D eigenvalue weighted by molar-refractivity contribution is 0.106. The van der Waals surface area contributed by atoms with Gasteiger partial charge in [0.05, 0.1) is 6.10 Å². The molecule has 1 aromatic rings. The quantitative estimate of drug-likeness (QED) is 0.654. The molecule has 1 saturated heterocycles. The Hall–Kier alpha value is -1.55. The van der Waals surface area contributed by atoms with E-state index in [-0.39, 0.29) is 0 Å². The molecule has 3 N–H and O–H groups in total. The summed E-state index contributed by atoms with van der Waals surface area (Å²) in [5, 5.41) is 3.18. The molecule has 0 amide bonds. The standard InChI is InChI=1S/C16H23N3O/c17-16(18-9-8-15-5-2-10-20-15)19-14-7-6-12-3-1-4-13(12)11-14/h6-7,11,15H,1-5,8-10H2,(H3,17,18,19)/t15-/m1/s1. The number of hydrogen-bond donors (Lipinski definition) is 2. The first kappa shape index (κ1) is 13.4. The average Bonchev–Trinajstić information content (AvgIpc) is 3.08. The van der Waals surface area contributed by atoms with Crippen molar-refractivity contribution in [2.75, 3.05) is 18.5 Å². The van der Waals surface area contributed by atoms with Crippen LogP contribution in [0.15, 0.2) is 23.2 Å². The molecular weight excluding hydrogens is 250 g/mol. The Labute approximate surface area is 120 Å². The summed E-state index contributed by atoms with van der Waals surface area (Å²) in [7, 11) is 0. The van der Waals surface area contributed by atoms with Crippen molar-refractivity contribution in [3.63, 3.8) is 0 Å². The highest BCUT2D eigenvalue weighted by atomic mass is 16.5. The number of aryl methyl sites for hydroxylation is 2. The summed E-state index contributed by atoms with van der Waals surface area (Å²) in [5.41, 5.74) is 9.90. The zero-order valence-corrected chi connectivity index (χ0v) is 11.9. The molecule has 0 bridgehead atoms. The second-order valence-corrected chi connectivity index (χ2v) is 5.65. The Morgan fingerprint density at radius 3 is 3.05 bits per heavy atom. The first-order valence-corrected chi connectivity index (χ1v) is 7.61. The maximum absolute atomic E-state index is 5.93. The Morgan fingerprint density at radius 2 is 2.20 bits per heavy atom. The maximum Gasteiger partial charge on any atom is 0.193 e. The molecular formula is C16H23N3O. The van der Waals surface area contributed by atoms with Gasteiger partial charge in [-0.3, -0.25) is 4.99 Å². The van der Waals surface area contributed by atoms with E-state index in [0.717, 1.165) is 31.7 Å². The first-order valence-electron chi connectivity index (χ1n) is 7.61.